The fourth-order valence-corrected chi connectivity index (χ4v) is 4.10. The van der Waals surface area contributed by atoms with Crippen molar-refractivity contribution >= 4 is 40.0 Å². The van der Waals surface area contributed by atoms with Crippen molar-refractivity contribution in [3.63, 3.8) is 0 Å². The summed E-state index contributed by atoms with van der Waals surface area (Å²) in [6, 6.07) is 0. The van der Waals surface area contributed by atoms with E-state index in [0.717, 1.165) is 11.3 Å². The average molecular weight is 410 g/mol. The van der Waals surface area contributed by atoms with Gasteiger partial charge in [0.1, 0.15) is 5.00 Å². The molecule has 0 spiro atoms. The second-order valence-corrected chi connectivity index (χ2v) is 7.87. The summed E-state index contributed by atoms with van der Waals surface area (Å²) in [5.41, 5.74) is -0.191. The summed E-state index contributed by atoms with van der Waals surface area (Å²) in [5, 5.41) is 8.28. The number of piperazine rings is 1. The fourth-order valence-electron chi connectivity index (χ4n) is 2.94. The van der Waals surface area contributed by atoms with Gasteiger partial charge in [0.25, 0.3) is 5.91 Å². The SMILES string of the molecule is CCOC(=O)c1c(NC(=O)CN2CCNC(=O)C2(C)C)sc(C(=O)NC)c1C. The van der Waals surface area contributed by atoms with Crippen molar-refractivity contribution in [3.05, 3.63) is 16.0 Å². The first-order valence-electron chi connectivity index (χ1n) is 8.99. The van der Waals surface area contributed by atoms with Crippen LogP contribution in [0.3, 0.4) is 0 Å². The molecule has 0 aromatic carbocycles. The van der Waals surface area contributed by atoms with Gasteiger partial charge in [0.2, 0.25) is 11.8 Å². The maximum Gasteiger partial charge on any atom is 0.341 e. The van der Waals surface area contributed by atoms with Crippen LogP contribution in [0.1, 0.15) is 46.4 Å². The van der Waals surface area contributed by atoms with Crippen molar-refractivity contribution in [2.45, 2.75) is 33.2 Å². The summed E-state index contributed by atoms with van der Waals surface area (Å²) in [5.74, 6) is -1.47. The molecule has 1 aromatic heterocycles. The van der Waals surface area contributed by atoms with E-state index in [1.165, 1.54) is 7.05 Å². The quantitative estimate of drug-likeness (QED) is 0.596. The molecule has 0 bridgehead atoms. The molecule has 1 aliphatic heterocycles. The summed E-state index contributed by atoms with van der Waals surface area (Å²) in [7, 11) is 1.49. The molecule has 9 nitrogen and oxygen atoms in total. The van der Waals surface area contributed by atoms with Crippen molar-refractivity contribution < 1.29 is 23.9 Å². The zero-order valence-electron chi connectivity index (χ0n) is 16.7. The highest BCUT2D eigenvalue weighted by molar-refractivity contribution is 7.18. The van der Waals surface area contributed by atoms with Crippen LogP contribution in [0.25, 0.3) is 0 Å². The highest BCUT2D eigenvalue weighted by Crippen LogP contribution is 2.34. The second-order valence-electron chi connectivity index (χ2n) is 6.84. The maximum absolute atomic E-state index is 12.6. The van der Waals surface area contributed by atoms with E-state index >= 15 is 0 Å². The largest absolute Gasteiger partial charge is 0.462 e. The van der Waals surface area contributed by atoms with Crippen LogP contribution in [0.4, 0.5) is 5.00 Å². The van der Waals surface area contributed by atoms with Gasteiger partial charge in [-0.3, -0.25) is 19.3 Å². The Morgan fingerprint density at radius 1 is 1.32 bits per heavy atom. The lowest BCUT2D eigenvalue weighted by Crippen LogP contribution is -2.62. The molecule has 1 saturated heterocycles. The molecule has 0 unspecified atom stereocenters. The first-order chi connectivity index (χ1) is 13.1. The summed E-state index contributed by atoms with van der Waals surface area (Å²) < 4.78 is 5.08. The third-order valence-corrected chi connectivity index (χ3v) is 5.87. The average Bonchev–Trinajstić information content (AvgIpc) is 2.94. The van der Waals surface area contributed by atoms with E-state index in [4.69, 9.17) is 4.74 Å². The van der Waals surface area contributed by atoms with E-state index < -0.39 is 11.5 Å². The van der Waals surface area contributed by atoms with E-state index in [-0.39, 0.29) is 41.4 Å². The number of anilines is 1. The van der Waals surface area contributed by atoms with Crippen LogP contribution in [0.15, 0.2) is 0 Å². The Morgan fingerprint density at radius 2 is 2.00 bits per heavy atom. The third-order valence-electron chi connectivity index (χ3n) is 4.66. The highest BCUT2D eigenvalue weighted by Gasteiger charge is 2.38. The number of nitrogens with one attached hydrogen (secondary N) is 3. The van der Waals surface area contributed by atoms with Crippen LogP contribution in [-0.2, 0) is 14.3 Å². The minimum Gasteiger partial charge on any atom is -0.462 e. The number of carbonyl (C=O) groups is 4. The number of thiophene rings is 1. The van der Waals surface area contributed by atoms with Crippen LogP contribution in [0.5, 0.6) is 0 Å². The molecular formula is C18H26N4O5S. The van der Waals surface area contributed by atoms with Crippen molar-refractivity contribution in [2.75, 3.05) is 38.6 Å². The Labute approximate surface area is 167 Å². The fraction of sp³-hybridized carbons (Fsp3) is 0.556. The van der Waals surface area contributed by atoms with Gasteiger partial charge in [0.05, 0.1) is 29.1 Å². The summed E-state index contributed by atoms with van der Waals surface area (Å²) in [4.78, 5) is 51.2. The number of esters is 1. The second kappa shape index (κ2) is 8.70. The molecular weight excluding hydrogens is 384 g/mol. The number of rotatable bonds is 6. The lowest BCUT2D eigenvalue weighted by Gasteiger charge is -2.40. The Morgan fingerprint density at radius 3 is 2.61 bits per heavy atom. The van der Waals surface area contributed by atoms with Gasteiger partial charge in [0.15, 0.2) is 0 Å². The topological polar surface area (TPSA) is 117 Å². The molecule has 0 radical (unpaired) electrons. The van der Waals surface area contributed by atoms with Gasteiger partial charge in [-0.25, -0.2) is 4.79 Å². The first-order valence-corrected chi connectivity index (χ1v) is 9.80. The Hall–Kier alpha value is -2.46. The van der Waals surface area contributed by atoms with E-state index in [1.807, 2.05) is 0 Å². The van der Waals surface area contributed by atoms with Gasteiger partial charge >= 0.3 is 5.97 Å². The Kier molecular flexibility index (Phi) is 6.78. The van der Waals surface area contributed by atoms with E-state index in [1.54, 1.807) is 32.6 Å². The number of hydrogen-bond acceptors (Lipinski definition) is 7. The number of hydrogen-bond donors (Lipinski definition) is 3. The molecule has 0 atom stereocenters. The van der Waals surface area contributed by atoms with Gasteiger partial charge in [0, 0.05) is 20.1 Å². The summed E-state index contributed by atoms with van der Waals surface area (Å²) >= 11 is 1.02. The van der Waals surface area contributed by atoms with E-state index in [9.17, 15) is 19.2 Å². The van der Waals surface area contributed by atoms with Crippen LogP contribution in [-0.4, -0.2) is 67.4 Å². The zero-order chi connectivity index (χ0) is 21.1. The molecule has 2 heterocycles. The molecule has 154 valence electrons. The van der Waals surface area contributed by atoms with Crippen LogP contribution < -0.4 is 16.0 Å². The molecule has 1 aliphatic rings. The third kappa shape index (κ3) is 4.33. The van der Waals surface area contributed by atoms with Crippen molar-refractivity contribution in [2.24, 2.45) is 0 Å². The highest BCUT2D eigenvalue weighted by atomic mass is 32.1. The van der Waals surface area contributed by atoms with E-state index in [0.29, 0.717) is 23.5 Å². The predicted molar refractivity (Wildman–Crippen MR) is 106 cm³/mol. The normalized spacial score (nSPS) is 16.2. The molecule has 3 N–H and O–H groups in total. The first kappa shape index (κ1) is 21.8. The van der Waals surface area contributed by atoms with E-state index in [2.05, 4.69) is 16.0 Å². The molecule has 1 aromatic rings. The predicted octanol–water partition coefficient (Wildman–Crippen LogP) is 0.742. The molecule has 28 heavy (non-hydrogen) atoms. The standard InChI is InChI=1S/C18H26N4O5S/c1-6-27-16(25)12-10(2)13(14(24)19-5)28-15(12)21-11(23)9-22-8-7-20-17(26)18(22,3)4/h6-9H2,1-5H3,(H,19,24)(H,20,26)(H,21,23). The lowest BCUT2D eigenvalue weighted by molar-refractivity contribution is -0.136. The molecule has 3 amide bonds. The number of carbonyl (C=O) groups excluding carboxylic acids is 4. The minimum absolute atomic E-state index is 0.0189. The Balaban J connectivity index is 2.26. The molecule has 10 heteroatoms. The van der Waals surface area contributed by atoms with Crippen molar-refractivity contribution in [1.82, 2.24) is 15.5 Å². The minimum atomic E-state index is -0.821. The number of amides is 3. The lowest BCUT2D eigenvalue weighted by atomic mass is 9.99. The van der Waals surface area contributed by atoms with Gasteiger partial charge < -0.3 is 20.7 Å². The van der Waals surface area contributed by atoms with Gasteiger partial charge in [-0.2, -0.15) is 0 Å². The molecule has 0 saturated carbocycles. The summed E-state index contributed by atoms with van der Waals surface area (Å²) in [6.07, 6.45) is 0. The maximum atomic E-state index is 12.6. The number of nitrogens with zero attached hydrogens (tertiary/aromatic N) is 1. The van der Waals surface area contributed by atoms with Crippen LogP contribution in [0.2, 0.25) is 0 Å². The van der Waals surface area contributed by atoms with Crippen molar-refractivity contribution in [3.8, 4) is 0 Å². The summed E-state index contributed by atoms with van der Waals surface area (Å²) in [6.45, 7) is 7.97. The van der Waals surface area contributed by atoms with Crippen molar-refractivity contribution in [1.29, 1.82) is 0 Å². The molecule has 0 aliphatic carbocycles. The molecule has 2 rings (SSSR count). The van der Waals surface area contributed by atoms with Crippen LogP contribution >= 0.6 is 11.3 Å². The monoisotopic (exact) mass is 410 g/mol. The Bertz CT molecular complexity index is 802. The zero-order valence-corrected chi connectivity index (χ0v) is 17.5. The van der Waals surface area contributed by atoms with Crippen LogP contribution in [0, 0.1) is 6.92 Å². The smallest absolute Gasteiger partial charge is 0.341 e. The van der Waals surface area contributed by atoms with Gasteiger partial charge in [-0.1, -0.05) is 0 Å². The number of ether oxygens (including phenoxy) is 1. The van der Waals surface area contributed by atoms with Gasteiger partial charge in [-0.15, -0.1) is 11.3 Å². The molecule has 1 fully saturated rings. The van der Waals surface area contributed by atoms with Gasteiger partial charge in [-0.05, 0) is 33.3 Å².